The molecule has 0 aromatic carbocycles. The highest BCUT2D eigenvalue weighted by Gasteiger charge is 2.25. The molecule has 0 fully saturated rings. The molecule has 0 radical (unpaired) electrons. The number of allylic oxidation sites excluding steroid dienone is 1. The molecule has 1 atom stereocenters. The zero-order chi connectivity index (χ0) is 19.5. The molecule has 0 aliphatic rings. The van der Waals surface area contributed by atoms with Gasteiger partial charge >= 0.3 is 5.97 Å². The summed E-state index contributed by atoms with van der Waals surface area (Å²) in [6.45, 7) is 13.8. The number of rotatable bonds is 9. The number of esters is 1. The topological polar surface area (TPSA) is 83.5 Å². The minimum atomic E-state index is -1.11. The Labute approximate surface area is 144 Å². The molecular weight excluding hydrogens is 310 g/mol. The molecule has 24 heavy (non-hydrogen) atoms. The average Bonchev–Trinajstić information content (AvgIpc) is 2.43. The van der Waals surface area contributed by atoms with E-state index in [1.54, 1.807) is 35.0 Å². The van der Waals surface area contributed by atoms with Crippen molar-refractivity contribution in [2.24, 2.45) is 0 Å². The van der Waals surface area contributed by atoms with Crippen molar-refractivity contribution >= 4 is 17.7 Å². The van der Waals surface area contributed by atoms with Crippen molar-refractivity contribution in [3.05, 3.63) is 37.0 Å². The number of likely N-dealkylation sites (N-methyl/N-ethyl adjacent to an activating group) is 1. The van der Waals surface area contributed by atoms with Gasteiger partial charge in [-0.25, -0.2) is 4.79 Å². The Morgan fingerprint density at radius 2 is 1.62 bits per heavy atom. The number of Topliss-reactive ketones (excluding diaryl/α,β-unsaturated/α-hetero) is 1. The van der Waals surface area contributed by atoms with Gasteiger partial charge in [-0.15, -0.1) is 0 Å². The van der Waals surface area contributed by atoms with Crippen molar-refractivity contribution in [2.45, 2.75) is 32.7 Å². The van der Waals surface area contributed by atoms with E-state index in [9.17, 15) is 19.5 Å². The van der Waals surface area contributed by atoms with Gasteiger partial charge in [0.05, 0.1) is 27.1 Å². The second-order valence-electron chi connectivity index (χ2n) is 6.36. The Bertz CT molecular complexity index is 500. The van der Waals surface area contributed by atoms with Crippen LogP contribution >= 0.6 is 0 Å². The lowest BCUT2D eigenvalue weighted by molar-refractivity contribution is -0.889. The molecule has 136 valence electrons. The monoisotopic (exact) mass is 339 g/mol. The first-order chi connectivity index (χ1) is 10.8. The number of hydrogen-bond donors (Lipinski definition) is 0. The molecule has 0 N–H and O–H groups in total. The third-order valence-electron chi connectivity index (χ3n) is 3.01. The van der Waals surface area contributed by atoms with Crippen LogP contribution in [0.25, 0.3) is 0 Å². The lowest BCUT2D eigenvalue weighted by Gasteiger charge is -2.34. The second-order valence-corrected chi connectivity index (χ2v) is 6.36. The molecule has 0 saturated carbocycles. The summed E-state index contributed by atoms with van der Waals surface area (Å²) in [7, 11) is 5.31. The number of nitrogens with zero attached hydrogens (tertiary/aromatic N) is 1. The fourth-order valence-corrected chi connectivity index (χ4v) is 1.56. The van der Waals surface area contributed by atoms with Gasteiger partial charge in [0.2, 0.25) is 0 Å². The first kappa shape index (κ1) is 24.0. The van der Waals surface area contributed by atoms with Crippen LogP contribution in [0.2, 0.25) is 0 Å². The van der Waals surface area contributed by atoms with E-state index in [2.05, 4.69) is 24.5 Å². The highest BCUT2D eigenvalue weighted by Crippen LogP contribution is 2.11. The molecule has 6 nitrogen and oxygen atoms in total. The fraction of sp³-hybridized carbons (Fsp3) is 0.500. The Kier molecular flexibility index (Phi) is 11.4. The number of hydrogen-bond acceptors (Lipinski definition) is 5. The van der Waals surface area contributed by atoms with Crippen LogP contribution in [0.4, 0.5) is 0 Å². The van der Waals surface area contributed by atoms with E-state index < -0.39 is 12.0 Å². The van der Waals surface area contributed by atoms with Gasteiger partial charge < -0.3 is 19.1 Å². The van der Waals surface area contributed by atoms with Crippen LogP contribution in [0.5, 0.6) is 0 Å². The minimum absolute atomic E-state index is 0.0882. The zero-order valence-electron chi connectivity index (χ0n) is 15.4. The van der Waals surface area contributed by atoms with E-state index in [0.29, 0.717) is 11.1 Å². The molecule has 0 bridgehead atoms. The van der Waals surface area contributed by atoms with Gasteiger partial charge in [0.1, 0.15) is 12.6 Å². The lowest BCUT2D eigenvalue weighted by atomic mass is 10.0. The smallest absolute Gasteiger partial charge is 0.333 e. The molecule has 0 aromatic heterocycles. The maximum atomic E-state index is 11.3. The van der Waals surface area contributed by atoms with Crippen molar-refractivity contribution < 1.29 is 28.7 Å². The normalized spacial score (nSPS) is 11.4. The number of quaternary nitrogens is 1. The summed E-state index contributed by atoms with van der Waals surface area (Å²) >= 11 is 0. The summed E-state index contributed by atoms with van der Waals surface area (Å²) in [6.07, 6.45) is 2.02. The fourth-order valence-electron chi connectivity index (χ4n) is 1.56. The zero-order valence-corrected chi connectivity index (χ0v) is 15.4. The maximum absolute atomic E-state index is 11.3. The number of carbonyl (C=O) groups is 3. The van der Waals surface area contributed by atoms with Gasteiger partial charge in [-0.05, 0) is 19.4 Å². The first-order valence-corrected chi connectivity index (χ1v) is 7.48. The number of ketones is 1. The molecule has 6 heteroatoms. The number of ether oxygens (including phenoxy) is 1. The van der Waals surface area contributed by atoms with Gasteiger partial charge in [0.25, 0.3) is 0 Å². The van der Waals surface area contributed by atoms with Crippen LogP contribution in [0.1, 0.15) is 26.7 Å². The van der Waals surface area contributed by atoms with Crippen LogP contribution in [0.15, 0.2) is 37.0 Å². The molecule has 0 aliphatic heterocycles. The summed E-state index contributed by atoms with van der Waals surface area (Å²) in [5.74, 6) is -1.57. The Hall–Kier alpha value is -2.21. The average molecular weight is 339 g/mol. The maximum Gasteiger partial charge on any atom is 0.333 e. The van der Waals surface area contributed by atoms with E-state index in [0.717, 1.165) is 0 Å². The van der Waals surface area contributed by atoms with Crippen LogP contribution in [-0.2, 0) is 19.1 Å². The quantitative estimate of drug-likeness (QED) is 0.271. The van der Waals surface area contributed by atoms with E-state index in [1.165, 1.54) is 6.08 Å². The van der Waals surface area contributed by atoms with Crippen molar-refractivity contribution in [3.63, 3.8) is 0 Å². The first-order valence-electron chi connectivity index (χ1n) is 7.48. The third-order valence-corrected chi connectivity index (χ3v) is 3.01. The van der Waals surface area contributed by atoms with Gasteiger partial charge in [0, 0.05) is 18.4 Å². The van der Waals surface area contributed by atoms with Crippen LogP contribution < -0.4 is 5.11 Å². The highest BCUT2D eigenvalue weighted by atomic mass is 16.5. The lowest BCUT2D eigenvalue weighted by Crippen LogP contribution is -2.54. The Morgan fingerprint density at radius 1 is 1.12 bits per heavy atom. The molecule has 0 saturated heterocycles. The van der Waals surface area contributed by atoms with Crippen molar-refractivity contribution in [2.75, 3.05) is 27.7 Å². The summed E-state index contributed by atoms with van der Waals surface area (Å²) < 4.78 is 4.85. The second kappa shape index (κ2) is 11.3. The molecule has 0 rings (SSSR count). The van der Waals surface area contributed by atoms with Gasteiger partial charge in [-0.3, -0.25) is 4.79 Å². The number of carboxylic acid groups (broad SMARTS) is 1. The Balaban J connectivity index is 0. The van der Waals surface area contributed by atoms with E-state index >= 15 is 0 Å². The predicted octanol–water partition coefficient (Wildman–Crippen LogP) is 1.03. The van der Waals surface area contributed by atoms with Crippen molar-refractivity contribution in [1.82, 2.24) is 0 Å². The van der Waals surface area contributed by atoms with E-state index in [-0.39, 0.29) is 35.7 Å². The molecule has 0 heterocycles. The number of aliphatic carboxylic acids is 1. The molecule has 0 amide bonds. The van der Waals surface area contributed by atoms with Crippen LogP contribution in [0, 0.1) is 0 Å². The van der Waals surface area contributed by atoms with Gasteiger partial charge in [-0.2, -0.15) is 0 Å². The summed E-state index contributed by atoms with van der Waals surface area (Å²) in [5, 5.41) is 10.9. The SMILES string of the molecule is C=C(C)C(=O)CCC(C(=O)[O-])[N+](C)(C)C.C=CCOC(=O)C(=C)C. The molecule has 0 aliphatic carbocycles. The predicted molar refractivity (Wildman–Crippen MR) is 91.9 cm³/mol. The van der Waals surface area contributed by atoms with Crippen molar-refractivity contribution in [3.8, 4) is 0 Å². The summed E-state index contributed by atoms with van der Waals surface area (Å²) in [6, 6.07) is -0.659. The van der Waals surface area contributed by atoms with Gasteiger partial charge in [0.15, 0.2) is 5.78 Å². The van der Waals surface area contributed by atoms with Crippen LogP contribution in [-0.4, -0.2) is 56.0 Å². The van der Waals surface area contributed by atoms with Gasteiger partial charge in [-0.1, -0.05) is 25.8 Å². The third kappa shape index (κ3) is 11.4. The number of carboxylic acids is 1. The largest absolute Gasteiger partial charge is 0.544 e. The molecule has 0 spiro atoms. The number of carbonyl (C=O) groups excluding carboxylic acids is 3. The van der Waals surface area contributed by atoms with E-state index in [4.69, 9.17) is 0 Å². The standard InChI is InChI=1S/C11H19NO3.C7H10O2/c1-8(2)10(13)7-6-9(11(14)15)12(3,4)5;1-4-5-9-7(8)6(2)3/h9H,1,6-7H2,2-5H3;4H,1-2,5H2,3H3. The molecule has 1 unspecified atom stereocenters. The van der Waals surface area contributed by atoms with Crippen LogP contribution in [0.3, 0.4) is 0 Å². The Morgan fingerprint density at radius 3 is 1.92 bits per heavy atom. The minimum Gasteiger partial charge on any atom is -0.544 e. The molecular formula is C18H29NO5. The van der Waals surface area contributed by atoms with Crippen molar-refractivity contribution in [1.29, 1.82) is 0 Å². The highest BCUT2D eigenvalue weighted by molar-refractivity contribution is 5.94. The summed E-state index contributed by atoms with van der Waals surface area (Å²) in [5.41, 5.74) is 0.880. The molecule has 0 aromatic rings. The summed E-state index contributed by atoms with van der Waals surface area (Å²) in [4.78, 5) is 32.7. The van der Waals surface area contributed by atoms with E-state index in [1.807, 2.05) is 0 Å².